The largest absolute Gasteiger partial charge is 0.454 e. The van der Waals surface area contributed by atoms with E-state index in [1.807, 2.05) is 35.0 Å². The topological polar surface area (TPSA) is 99.1 Å². The number of carbonyl (C=O) groups is 3. The van der Waals surface area contributed by atoms with Gasteiger partial charge in [-0.15, -0.1) is 0 Å². The second kappa shape index (κ2) is 9.24. The zero-order valence-corrected chi connectivity index (χ0v) is 19.1. The summed E-state index contributed by atoms with van der Waals surface area (Å²) in [6.07, 6.45) is 3.51. The number of para-hydroxylation sites is 1. The fraction of sp³-hybridized carbons (Fsp3) is 0.208. The smallest absolute Gasteiger partial charge is 0.293 e. The third kappa shape index (κ3) is 4.25. The van der Waals surface area contributed by atoms with Gasteiger partial charge in [0.1, 0.15) is 6.54 Å². The molecule has 5 rings (SSSR count). The molecule has 1 fully saturated rings. The van der Waals surface area contributed by atoms with Gasteiger partial charge in [0.05, 0.1) is 18.1 Å². The van der Waals surface area contributed by atoms with Crippen LogP contribution in [0.25, 0.3) is 17.0 Å². The van der Waals surface area contributed by atoms with Gasteiger partial charge in [-0.2, -0.15) is 0 Å². The van der Waals surface area contributed by atoms with E-state index in [2.05, 4.69) is 5.32 Å². The van der Waals surface area contributed by atoms with E-state index in [9.17, 15) is 14.4 Å². The van der Waals surface area contributed by atoms with E-state index in [4.69, 9.17) is 14.2 Å². The Bertz CT molecular complexity index is 1330. The van der Waals surface area contributed by atoms with Crippen LogP contribution in [0.1, 0.15) is 5.56 Å². The molecular formula is C24H21N3O6S. The van der Waals surface area contributed by atoms with Crippen molar-refractivity contribution in [3.05, 3.63) is 59.1 Å². The number of carbonyl (C=O) groups excluding carboxylic acids is 3. The van der Waals surface area contributed by atoms with E-state index in [0.717, 1.165) is 28.2 Å². The molecule has 10 heteroatoms. The Labute approximate surface area is 199 Å². The molecule has 9 nitrogen and oxygen atoms in total. The van der Waals surface area contributed by atoms with Crippen LogP contribution in [0.15, 0.2) is 53.6 Å². The standard InChI is InChI=1S/C24H21N3O6S/c1-31-9-8-27-23(29)21(34-24(27)30)10-15-12-26(18-5-3-2-4-17(15)18)13-22(28)25-16-6-7-19-20(11-16)33-14-32-19/h2-7,10-12H,8-9,13-14H2,1H3,(H,25,28)/b21-10-. The molecule has 2 aliphatic rings. The van der Waals surface area contributed by atoms with Gasteiger partial charge in [-0.25, -0.2) is 0 Å². The van der Waals surface area contributed by atoms with Crippen LogP contribution >= 0.6 is 11.8 Å². The van der Waals surface area contributed by atoms with Crippen LogP contribution in [0, 0.1) is 0 Å². The Balaban J connectivity index is 1.37. The summed E-state index contributed by atoms with van der Waals surface area (Å²) in [5.41, 5.74) is 2.20. The number of anilines is 1. The lowest BCUT2D eigenvalue weighted by Gasteiger charge is -2.10. The van der Waals surface area contributed by atoms with Crippen LogP contribution in [0.2, 0.25) is 0 Å². The lowest BCUT2D eigenvalue weighted by molar-refractivity contribution is -0.123. The molecular weight excluding hydrogens is 458 g/mol. The maximum absolute atomic E-state index is 12.8. The molecule has 1 aromatic heterocycles. The fourth-order valence-electron chi connectivity index (χ4n) is 3.87. The summed E-state index contributed by atoms with van der Waals surface area (Å²) in [7, 11) is 1.52. The molecule has 3 aromatic rings. The Morgan fingerprint density at radius 3 is 2.85 bits per heavy atom. The van der Waals surface area contributed by atoms with Crippen LogP contribution in [0.3, 0.4) is 0 Å². The van der Waals surface area contributed by atoms with Crippen molar-refractivity contribution in [1.29, 1.82) is 0 Å². The number of thioether (sulfide) groups is 1. The minimum Gasteiger partial charge on any atom is -0.454 e. The SMILES string of the molecule is COCCN1C(=O)S/C(=C\c2cn(CC(=O)Nc3ccc4c(c3)OCO4)c3ccccc23)C1=O. The number of hydrogen-bond acceptors (Lipinski definition) is 7. The van der Waals surface area contributed by atoms with Crippen LogP contribution in [-0.2, 0) is 20.9 Å². The van der Waals surface area contributed by atoms with Crippen LogP contribution in [0.4, 0.5) is 10.5 Å². The highest BCUT2D eigenvalue weighted by molar-refractivity contribution is 8.18. The van der Waals surface area contributed by atoms with E-state index in [0.29, 0.717) is 22.1 Å². The number of nitrogens with zero attached hydrogens (tertiary/aromatic N) is 2. The van der Waals surface area contributed by atoms with Gasteiger partial charge in [-0.05, 0) is 36.0 Å². The molecule has 0 saturated carbocycles. The molecule has 1 N–H and O–H groups in total. The zero-order valence-electron chi connectivity index (χ0n) is 18.3. The van der Waals surface area contributed by atoms with Gasteiger partial charge in [-0.3, -0.25) is 19.3 Å². The molecule has 0 aliphatic carbocycles. The molecule has 174 valence electrons. The third-order valence-electron chi connectivity index (χ3n) is 5.47. The molecule has 2 aromatic carbocycles. The lowest BCUT2D eigenvalue weighted by Crippen LogP contribution is -2.31. The molecule has 2 aliphatic heterocycles. The molecule has 3 heterocycles. The Morgan fingerprint density at radius 2 is 2.00 bits per heavy atom. The summed E-state index contributed by atoms with van der Waals surface area (Å²) >= 11 is 0.903. The quantitative estimate of drug-likeness (QED) is 0.516. The minimum absolute atomic E-state index is 0.0676. The first-order chi connectivity index (χ1) is 16.5. The highest BCUT2D eigenvalue weighted by Crippen LogP contribution is 2.35. The lowest BCUT2D eigenvalue weighted by atomic mass is 10.1. The van der Waals surface area contributed by atoms with Gasteiger partial charge in [0.15, 0.2) is 11.5 Å². The molecule has 0 unspecified atom stereocenters. The minimum atomic E-state index is -0.343. The van der Waals surface area contributed by atoms with Crippen molar-refractivity contribution in [3.8, 4) is 11.5 Å². The number of benzene rings is 2. The molecule has 0 radical (unpaired) electrons. The maximum atomic E-state index is 12.8. The Hall–Kier alpha value is -3.76. The van der Waals surface area contributed by atoms with Crippen molar-refractivity contribution in [2.75, 3.05) is 32.4 Å². The van der Waals surface area contributed by atoms with Crippen LogP contribution in [-0.4, -0.2) is 53.6 Å². The summed E-state index contributed by atoms with van der Waals surface area (Å²) in [5.74, 6) is 0.673. The zero-order chi connectivity index (χ0) is 23.7. The number of imide groups is 1. The summed E-state index contributed by atoms with van der Waals surface area (Å²) in [6, 6.07) is 12.8. The number of nitrogens with one attached hydrogen (secondary N) is 1. The van der Waals surface area contributed by atoms with Crippen molar-refractivity contribution in [2.24, 2.45) is 0 Å². The van der Waals surface area contributed by atoms with Crippen LogP contribution in [0.5, 0.6) is 11.5 Å². The summed E-state index contributed by atoms with van der Waals surface area (Å²) < 4.78 is 17.5. The van der Waals surface area contributed by atoms with Crippen molar-refractivity contribution in [1.82, 2.24) is 9.47 Å². The van der Waals surface area contributed by atoms with Crippen molar-refractivity contribution in [2.45, 2.75) is 6.54 Å². The average Bonchev–Trinajstić information content (AvgIpc) is 3.50. The van der Waals surface area contributed by atoms with E-state index in [-0.39, 0.29) is 43.5 Å². The number of aromatic nitrogens is 1. The third-order valence-corrected chi connectivity index (χ3v) is 6.38. The van der Waals surface area contributed by atoms with Crippen molar-refractivity contribution >= 4 is 51.5 Å². The Morgan fingerprint density at radius 1 is 1.18 bits per heavy atom. The molecule has 0 atom stereocenters. The second-order valence-electron chi connectivity index (χ2n) is 7.67. The summed E-state index contributed by atoms with van der Waals surface area (Å²) in [6.45, 7) is 0.721. The van der Waals surface area contributed by atoms with E-state index in [1.165, 1.54) is 12.0 Å². The van der Waals surface area contributed by atoms with Gasteiger partial charge in [0.25, 0.3) is 11.1 Å². The van der Waals surface area contributed by atoms with Gasteiger partial charge in [-0.1, -0.05) is 18.2 Å². The first-order valence-corrected chi connectivity index (χ1v) is 11.4. The van der Waals surface area contributed by atoms with E-state index < -0.39 is 0 Å². The van der Waals surface area contributed by atoms with Gasteiger partial charge >= 0.3 is 0 Å². The first-order valence-electron chi connectivity index (χ1n) is 10.5. The fourth-order valence-corrected chi connectivity index (χ4v) is 4.72. The number of fused-ring (bicyclic) bond motifs is 2. The molecule has 34 heavy (non-hydrogen) atoms. The highest BCUT2D eigenvalue weighted by atomic mass is 32.2. The van der Waals surface area contributed by atoms with Gasteiger partial charge in [0.2, 0.25) is 12.7 Å². The predicted molar refractivity (Wildman–Crippen MR) is 128 cm³/mol. The molecule has 1 saturated heterocycles. The number of amides is 3. The number of hydrogen-bond donors (Lipinski definition) is 1. The van der Waals surface area contributed by atoms with Crippen molar-refractivity contribution in [3.63, 3.8) is 0 Å². The average molecular weight is 480 g/mol. The predicted octanol–water partition coefficient (Wildman–Crippen LogP) is 3.69. The van der Waals surface area contributed by atoms with E-state index >= 15 is 0 Å². The Kier molecular flexibility index (Phi) is 5.99. The van der Waals surface area contributed by atoms with E-state index in [1.54, 1.807) is 24.3 Å². The molecule has 0 spiro atoms. The molecule has 0 bridgehead atoms. The highest BCUT2D eigenvalue weighted by Gasteiger charge is 2.34. The summed E-state index contributed by atoms with van der Waals surface area (Å²) in [4.78, 5) is 39.2. The van der Waals surface area contributed by atoms with Gasteiger partial charge in [0, 0.05) is 41.5 Å². The first kappa shape index (κ1) is 22.1. The monoisotopic (exact) mass is 479 g/mol. The summed E-state index contributed by atoms with van der Waals surface area (Å²) in [5, 5.41) is 3.43. The molecule has 3 amide bonds. The normalized spacial score (nSPS) is 16.1. The van der Waals surface area contributed by atoms with Gasteiger partial charge < -0.3 is 24.1 Å². The number of methoxy groups -OCH3 is 1. The number of rotatable bonds is 7. The second-order valence-corrected chi connectivity index (χ2v) is 8.67. The maximum Gasteiger partial charge on any atom is 0.293 e. The van der Waals surface area contributed by atoms with Crippen LogP contribution < -0.4 is 14.8 Å². The number of ether oxygens (including phenoxy) is 3. The van der Waals surface area contributed by atoms with Crippen molar-refractivity contribution < 1.29 is 28.6 Å².